The first-order valence-electron chi connectivity index (χ1n) is 8.39. The second kappa shape index (κ2) is 7.79. The average Bonchev–Trinajstić information content (AvgIpc) is 3.33. The maximum absolute atomic E-state index is 13.1. The van der Waals surface area contributed by atoms with Crippen LogP contribution in [-0.2, 0) is 9.84 Å². The van der Waals surface area contributed by atoms with Gasteiger partial charge in [-0.25, -0.2) is 18.4 Å². The Morgan fingerprint density at radius 2 is 1.72 bits per heavy atom. The lowest BCUT2D eigenvalue weighted by Gasteiger charge is -2.28. The van der Waals surface area contributed by atoms with Crippen LogP contribution in [-0.4, -0.2) is 61.6 Å². The number of nitro groups is 1. The van der Waals surface area contributed by atoms with E-state index in [4.69, 9.17) is 4.74 Å². The van der Waals surface area contributed by atoms with Crippen molar-refractivity contribution in [2.24, 2.45) is 0 Å². The second-order valence-corrected chi connectivity index (χ2v) is 9.07. The zero-order chi connectivity index (χ0) is 21.3. The lowest BCUT2D eigenvalue weighted by atomic mass is 10.2. The minimum absolute atomic E-state index is 0.0275. The summed E-state index contributed by atoms with van der Waals surface area (Å²) in [6.07, 6.45) is 1.48. The molecule has 1 saturated heterocycles. The van der Waals surface area contributed by atoms with E-state index in [1.807, 2.05) is 0 Å². The molecule has 1 aromatic carbocycles. The van der Waals surface area contributed by atoms with Crippen molar-refractivity contribution < 1.29 is 27.7 Å². The predicted molar refractivity (Wildman–Crippen MR) is 104 cm³/mol. The fourth-order valence-corrected chi connectivity index (χ4v) is 4.79. The molecule has 2 aromatic rings. The molecule has 0 N–H and O–H groups in total. The number of hydrogen-bond acceptors (Lipinski definition) is 8. The lowest BCUT2D eigenvalue weighted by Crippen LogP contribution is -2.45. The number of thiophene rings is 1. The van der Waals surface area contributed by atoms with Crippen molar-refractivity contribution in [2.75, 3.05) is 26.5 Å². The number of methoxy groups -OCH3 is 1. The number of sulfone groups is 1. The summed E-state index contributed by atoms with van der Waals surface area (Å²) in [5.41, 5.74) is -0.0711. The van der Waals surface area contributed by atoms with Gasteiger partial charge in [-0.3, -0.25) is 19.7 Å². The van der Waals surface area contributed by atoms with Gasteiger partial charge < -0.3 is 4.74 Å². The SMILES string of the molecule is COc1c(C(=O)N2CCCN2C(=O)c2ccccc2S(C)(=O)=O)csc1[N+](=O)[O-]. The van der Waals surface area contributed by atoms with Crippen molar-refractivity contribution in [2.45, 2.75) is 11.3 Å². The van der Waals surface area contributed by atoms with Crippen LogP contribution in [0, 0.1) is 10.1 Å². The number of amides is 2. The van der Waals surface area contributed by atoms with Crippen LogP contribution in [0.5, 0.6) is 5.75 Å². The molecule has 10 nitrogen and oxygen atoms in total. The molecule has 1 aliphatic rings. The Bertz CT molecular complexity index is 1090. The largest absolute Gasteiger partial charge is 0.489 e. The average molecular weight is 439 g/mol. The van der Waals surface area contributed by atoms with E-state index >= 15 is 0 Å². The standard InChI is InChI=1S/C17H17N3O7S2/c1-27-14-12(10-28-17(14)20(23)24)16(22)19-9-5-8-18(19)15(21)11-6-3-4-7-13(11)29(2,25)26/h3-4,6-7,10H,5,8-9H2,1-2H3. The fraction of sp³-hybridized carbons (Fsp3) is 0.294. The van der Waals surface area contributed by atoms with Gasteiger partial charge in [0.2, 0.25) is 5.75 Å². The third-order valence-electron chi connectivity index (χ3n) is 4.34. The maximum Gasteiger partial charge on any atom is 0.366 e. The van der Waals surface area contributed by atoms with Gasteiger partial charge in [-0.05, 0) is 18.6 Å². The van der Waals surface area contributed by atoms with Crippen molar-refractivity contribution >= 4 is 38.0 Å². The zero-order valence-electron chi connectivity index (χ0n) is 15.5. The molecular weight excluding hydrogens is 422 g/mol. The highest BCUT2D eigenvalue weighted by molar-refractivity contribution is 7.90. The van der Waals surface area contributed by atoms with Gasteiger partial charge in [-0.2, -0.15) is 0 Å². The van der Waals surface area contributed by atoms with E-state index in [0.29, 0.717) is 6.42 Å². The summed E-state index contributed by atoms with van der Waals surface area (Å²) in [6.45, 7) is 0.412. The predicted octanol–water partition coefficient (Wildman–Crippen LogP) is 1.97. The van der Waals surface area contributed by atoms with Crippen LogP contribution in [0.25, 0.3) is 0 Å². The van der Waals surface area contributed by atoms with Crippen LogP contribution < -0.4 is 4.74 Å². The first-order chi connectivity index (χ1) is 13.7. The number of benzene rings is 1. The Morgan fingerprint density at radius 3 is 2.28 bits per heavy atom. The highest BCUT2D eigenvalue weighted by atomic mass is 32.2. The van der Waals surface area contributed by atoms with E-state index in [2.05, 4.69) is 0 Å². The maximum atomic E-state index is 13.1. The molecule has 0 radical (unpaired) electrons. The molecule has 29 heavy (non-hydrogen) atoms. The van der Waals surface area contributed by atoms with Crippen molar-refractivity contribution in [3.05, 3.63) is 50.9 Å². The Labute approximate surface area is 170 Å². The van der Waals surface area contributed by atoms with Crippen LogP contribution >= 0.6 is 11.3 Å². The molecule has 0 spiro atoms. The number of rotatable bonds is 5. The number of hydrazine groups is 1. The molecule has 0 aliphatic carbocycles. The van der Waals surface area contributed by atoms with Crippen LogP contribution in [0.2, 0.25) is 0 Å². The Kier molecular flexibility index (Phi) is 5.57. The highest BCUT2D eigenvalue weighted by Gasteiger charge is 2.37. The molecule has 3 rings (SSSR count). The summed E-state index contributed by atoms with van der Waals surface area (Å²) in [5.74, 6) is -1.43. The van der Waals surface area contributed by atoms with Gasteiger partial charge in [-0.15, -0.1) is 0 Å². The first-order valence-corrected chi connectivity index (χ1v) is 11.2. The summed E-state index contributed by atoms with van der Waals surface area (Å²) in [4.78, 5) is 36.4. The van der Waals surface area contributed by atoms with Crippen molar-refractivity contribution in [1.82, 2.24) is 10.0 Å². The van der Waals surface area contributed by atoms with Crippen LogP contribution in [0.15, 0.2) is 34.5 Å². The van der Waals surface area contributed by atoms with Crippen LogP contribution in [0.3, 0.4) is 0 Å². The molecule has 2 amide bonds. The van der Waals surface area contributed by atoms with Gasteiger partial charge in [0.15, 0.2) is 9.84 Å². The number of nitrogens with zero attached hydrogens (tertiary/aromatic N) is 3. The third-order valence-corrected chi connectivity index (χ3v) is 6.41. The van der Waals surface area contributed by atoms with Gasteiger partial charge in [0, 0.05) is 24.7 Å². The van der Waals surface area contributed by atoms with Crippen molar-refractivity contribution in [1.29, 1.82) is 0 Å². The molecule has 1 fully saturated rings. The third kappa shape index (κ3) is 3.80. The Hall–Kier alpha value is -2.99. The second-order valence-electron chi connectivity index (χ2n) is 6.22. The molecule has 2 heterocycles. The molecule has 154 valence electrons. The zero-order valence-corrected chi connectivity index (χ0v) is 17.2. The van der Waals surface area contributed by atoms with E-state index in [1.54, 1.807) is 0 Å². The minimum atomic E-state index is -3.66. The van der Waals surface area contributed by atoms with Gasteiger partial charge in [0.25, 0.3) is 11.8 Å². The van der Waals surface area contributed by atoms with Gasteiger partial charge in [-0.1, -0.05) is 23.5 Å². The molecule has 0 saturated carbocycles. The van der Waals surface area contributed by atoms with E-state index in [1.165, 1.54) is 36.8 Å². The van der Waals surface area contributed by atoms with E-state index in [9.17, 15) is 28.1 Å². The molecule has 0 bridgehead atoms. The van der Waals surface area contributed by atoms with Gasteiger partial charge in [0.05, 0.1) is 22.5 Å². The molecule has 1 aliphatic heterocycles. The van der Waals surface area contributed by atoms with E-state index < -0.39 is 26.6 Å². The number of carbonyl (C=O) groups excluding carboxylic acids is 2. The molecule has 12 heteroatoms. The molecular formula is C17H17N3O7S2. The van der Waals surface area contributed by atoms with Gasteiger partial charge >= 0.3 is 5.00 Å². The Morgan fingerprint density at radius 1 is 1.14 bits per heavy atom. The number of ether oxygens (including phenoxy) is 1. The van der Waals surface area contributed by atoms with E-state index in [0.717, 1.165) is 27.6 Å². The summed E-state index contributed by atoms with van der Waals surface area (Å²) in [7, 11) is -2.44. The van der Waals surface area contributed by atoms with Crippen LogP contribution in [0.1, 0.15) is 27.1 Å². The fourth-order valence-electron chi connectivity index (χ4n) is 3.09. The minimum Gasteiger partial charge on any atom is -0.489 e. The summed E-state index contributed by atoms with van der Waals surface area (Å²) < 4.78 is 29.1. The topological polar surface area (TPSA) is 127 Å². The monoisotopic (exact) mass is 439 g/mol. The lowest BCUT2D eigenvalue weighted by molar-refractivity contribution is -0.381. The van der Waals surface area contributed by atoms with Crippen molar-refractivity contribution in [3.63, 3.8) is 0 Å². The normalized spacial score (nSPS) is 14.1. The summed E-state index contributed by atoms with van der Waals surface area (Å²) >= 11 is 0.753. The smallest absolute Gasteiger partial charge is 0.366 e. The highest BCUT2D eigenvalue weighted by Crippen LogP contribution is 2.38. The first kappa shape index (κ1) is 20.7. The van der Waals surface area contributed by atoms with E-state index in [-0.39, 0.29) is 39.9 Å². The summed E-state index contributed by atoms with van der Waals surface area (Å²) in [5, 5.41) is 14.4. The molecule has 1 aromatic heterocycles. The quantitative estimate of drug-likeness (QED) is 0.515. The van der Waals surface area contributed by atoms with Crippen LogP contribution in [0.4, 0.5) is 5.00 Å². The van der Waals surface area contributed by atoms with Crippen molar-refractivity contribution in [3.8, 4) is 5.75 Å². The van der Waals surface area contributed by atoms with Gasteiger partial charge in [0.1, 0.15) is 5.56 Å². The molecule has 0 atom stereocenters. The Balaban J connectivity index is 1.97. The number of carbonyl (C=O) groups is 2. The number of hydrogen-bond donors (Lipinski definition) is 0. The molecule has 0 unspecified atom stereocenters. The summed E-state index contributed by atoms with van der Waals surface area (Å²) in [6, 6.07) is 5.76.